The van der Waals surface area contributed by atoms with Gasteiger partial charge in [-0.05, 0) is 93.9 Å². The van der Waals surface area contributed by atoms with E-state index >= 15 is 0 Å². The normalized spacial score (nSPS) is 13.0. The largest absolute Gasteiger partial charge is 0.455 e. The van der Waals surface area contributed by atoms with Crippen LogP contribution in [0.5, 0.6) is 0 Å². The first-order valence-electron chi connectivity index (χ1n) is 18.0. The molecule has 0 spiro atoms. The van der Waals surface area contributed by atoms with Crippen molar-refractivity contribution < 1.29 is 8.83 Å². The molecule has 0 amide bonds. The van der Waals surface area contributed by atoms with Crippen molar-refractivity contribution >= 4 is 70.8 Å². The molecular weight excluding hydrogens is 617 g/mol. The molecule has 0 radical (unpaired) electrons. The summed E-state index contributed by atoms with van der Waals surface area (Å²) in [6.07, 6.45) is 0. The van der Waals surface area contributed by atoms with Gasteiger partial charge < -0.3 is 8.83 Å². The van der Waals surface area contributed by atoms with Gasteiger partial charge in [0.15, 0.2) is 0 Å². The van der Waals surface area contributed by atoms with Crippen molar-refractivity contribution in [3.05, 3.63) is 71.8 Å². The highest BCUT2D eigenvalue weighted by atomic mass is 28.3. The van der Waals surface area contributed by atoms with Crippen LogP contribution in [0.1, 0.15) is 94.2 Å². The molecule has 48 heavy (non-hydrogen) atoms. The third-order valence-electron chi connectivity index (χ3n) is 11.6. The van der Waals surface area contributed by atoms with Gasteiger partial charge >= 0.3 is 0 Å². The molecule has 2 aromatic heterocycles. The Morgan fingerprint density at radius 3 is 0.979 bits per heavy atom. The fourth-order valence-electron chi connectivity index (χ4n) is 9.26. The van der Waals surface area contributed by atoms with Crippen molar-refractivity contribution in [3.63, 3.8) is 0 Å². The molecule has 248 valence electrons. The van der Waals surface area contributed by atoms with Crippen molar-refractivity contribution in [1.82, 2.24) is 0 Å². The number of furan rings is 2. The molecule has 0 atom stereocenters. The van der Waals surface area contributed by atoms with Crippen molar-refractivity contribution in [1.29, 1.82) is 0 Å². The Hall–Kier alpha value is -3.71. The lowest BCUT2D eigenvalue weighted by molar-refractivity contribution is 0.669. The number of rotatable bonds is 6. The van der Waals surface area contributed by atoms with E-state index in [2.05, 4.69) is 167 Å². The van der Waals surface area contributed by atoms with Crippen LogP contribution in [0.2, 0.25) is 33.2 Å². The minimum atomic E-state index is -1.82. The first kappa shape index (κ1) is 34.2. The second-order valence-corrected chi connectivity index (χ2v) is 27.1. The average molecular weight is 669 g/mol. The van der Waals surface area contributed by atoms with E-state index in [-0.39, 0.29) is 0 Å². The molecule has 6 rings (SSSR count). The summed E-state index contributed by atoms with van der Waals surface area (Å²) in [5.41, 5.74) is 17.1. The molecule has 2 heterocycles. The second-order valence-electron chi connectivity index (χ2n) is 15.9. The first-order valence-corrected chi connectivity index (χ1v) is 22.5. The maximum Gasteiger partial charge on any atom is 0.146 e. The van der Waals surface area contributed by atoms with E-state index in [1.54, 1.807) is 0 Å². The summed E-state index contributed by atoms with van der Waals surface area (Å²) in [4.78, 5) is 0. The third-order valence-corrected chi connectivity index (χ3v) is 24.2. The van der Waals surface area contributed by atoms with E-state index in [1.807, 2.05) is 0 Å². The van der Waals surface area contributed by atoms with E-state index in [0.717, 1.165) is 65.8 Å². The lowest BCUT2D eigenvalue weighted by Gasteiger charge is -2.38. The molecular formula is C44H52O2Si2. The van der Waals surface area contributed by atoms with Gasteiger partial charge in [0.1, 0.15) is 38.5 Å². The molecule has 0 unspecified atom stereocenters. The number of benzene rings is 4. The van der Waals surface area contributed by atoms with Crippen LogP contribution >= 0.6 is 0 Å². The molecule has 4 heteroatoms. The van der Waals surface area contributed by atoms with Gasteiger partial charge in [-0.25, -0.2) is 0 Å². The summed E-state index contributed by atoms with van der Waals surface area (Å²) < 4.78 is 13.1. The van der Waals surface area contributed by atoms with Gasteiger partial charge in [-0.1, -0.05) is 94.9 Å². The van der Waals surface area contributed by atoms with E-state index in [1.165, 1.54) is 0 Å². The summed E-state index contributed by atoms with van der Waals surface area (Å²) in [7, 11) is -3.65. The van der Waals surface area contributed by atoms with Crippen LogP contribution in [0.3, 0.4) is 0 Å². The predicted molar refractivity (Wildman–Crippen MR) is 214 cm³/mol. The van der Waals surface area contributed by atoms with Crippen molar-refractivity contribution in [3.8, 4) is 22.9 Å². The number of fused-ring (bicyclic) bond motifs is 9. The SMILES string of the molecule is CC(C)[Si](C#Cc1ccc2oc3c(ccc4c3ccc3c5cc(C#C[Si](C(C)C)(C(C)C)C(C)C)ccc5oc34)c2c1)(C(C)C)C(C)C. The van der Waals surface area contributed by atoms with Crippen LogP contribution in [0, 0.1) is 22.9 Å². The molecule has 6 aromatic rings. The van der Waals surface area contributed by atoms with Crippen molar-refractivity contribution in [2.45, 2.75) is 116 Å². The predicted octanol–water partition coefficient (Wildman–Crippen LogP) is 13.8. The zero-order chi connectivity index (χ0) is 34.7. The Morgan fingerprint density at radius 1 is 0.396 bits per heavy atom. The Morgan fingerprint density at radius 2 is 0.688 bits per heavy atom. The van der Waals surface area contributed by atoms with Crippen molar-refractivity contribution in [2.75, 3.05) is 0 Å². The molecule has 0 saturated carbocycles. The third kappa shape index (κ3) is 5.33. The lowest BCUT2D eigenvalue weighted by Crippen LogP contribution is -2.43. The van der Waals surface area contributed by atoms with Crippen LogP contribution < -0.4 is 0 Å². The fraction of sp³-hybridized carbons (Fsp3) is 0.409. The zero-order valence-electron chi connectivity index (χ0n) is 31.1. The van der Waals surface area contributed by atoms with Crippen LogP contribution in [0.15, 0.2) is 69.5 Å². The van der Waals surface area contributed by atoms with Crippen LogP contribution in [-0.2, 0) is 0 Å². The van der Waals surface area contributed by atoms with E-state index in [9.17, 15) is 0 Å². The molecule has 0 aliphatic heterocycles. The molecule has 0 bridgehead atoms. The molecule has 4 aromatic carbocycles. The number of hydrogen-bond donors (Lipinski definition) is 0. The Labute approximate surface area is 289 Å². The first-order chi connectivity index (χ1) is 22.7. The van der Waals surface area contributed by atoms with Gasteiger partial charge in [0.25, 0.3) is 0 Å². The quantitative estimate of drug-likeness (QED) is 0.130. The topological polar surface area (TPSA) is 26.3 Å². The van der Waals surface area contributed by atoms with Gasteiger partial charge in [-0.15, -0.1) is 11.1 Å². The van der Waals surface area contributed by atoms with Crippen LogP contribution in [0.4, 0.5) is 0 Å². The standard InChI is InChI=1S/C44H52O2Si2/c1-27(2)47(28(3)4,29(5)6)23-21-33-13-19-41-39(25-33)37-17-15-36-35(43(37)45-41)16-18-38-40-26-34(14-20-42(40)46-44(36)38)22-24-48(30(7)8,31(9)10)32(11)12/h13-20,25-32H,1-12H3. The summed E-state index contributed by atoms with van der Waals surface area (Å²) in [6.45, 7) is 28.4. The van der Waals surface area contributed by atoms with Gasteiger partial charge in [0.2, 0.25) is 0 Å². The molecule has 0 N–H and O–H groups in total. The van der Waals surface area contributed by atoms with Gasteiger partial charge in [-0.2, -0.15) is 0 Å². The zero-order valence-corrected chi connectivity index (χ0v) is 33.1. The van der Waals surface area contributed by atoms with Gasteiger partial charge in [0, 0.05) is 43.4 Å². The van der Waals surface area contributed by atoms with Gasteiger partial charge in [0.05, 0.1) is 0 Å². The molecule has 0 aliphatic carbocycles. The lowest BCUT2D eigenvalue weighted by atomic mass is 10.0. The minimum Gasteiger partial charge on any atom is -0.455 e. The Kier molecular flexibility index (Phi) is 8.99. The highest BCUT2D eigenvalue weighted by Crippen LogP contribution is 2.43. The number of hydrogen-bond acceptors (Lipinski definition) is 2. The monoisotopic (exact) mass is 668 g/mol. The summed E-state index contributed by atoms with van der Waals surface area (Å²) in [5.74, 6) is 7.28. The second kappa shape index (κ2) is 12.6. The van der Waals surface area contributed by atoms with Crippen LogP contribution in [-0.4, -0.2) is 16.1 Å². The summed E-state index contributed by atoms with van der Waals surface area (Å²) in [6, 6.07) is 21.6. The Balaban J connectivity index is 1.45. The highest BCUT2D eigenvalue weighted by Gasteiger charge is 2.42. The minimum absolute atomic E-state index is 0.602. The van der Waals surface area contributed by atoms with Crippen LogP contribution in [0.25, 0.3) is 54.6 Å². The van der Waals surface area contributed by atoms with E-state index in [0.29, 0.717) is 33.2 Å². The van der Waals surface area contributed by atoms with Gasteiger partial charge in [-0.3, -0.25) is 0 Å². The average Bonchev–Trinajstić information content (AvgIpc) is 3.58. The smallest absolute Gasteiger partial charge is 0.146 e. The van der Waals surface area contributed by atoms with Crippen molar-refractivity contribution in [2.24, 2.45) is 0 Å². The molecule has 0 aliphatic rings. The van der Waals surface area contributed by atoms with E-state index < -0.39 is 16.1 Å². The highest BCUT2D eigenvalue weighted by molar-refractivity contribution is 6.91. The fourth-order valence-corrected chi connectivity index (χ4v) is 19.7. The summed E-state index contributed by atoms with van der Waals surface area (Å²) >= 11 is 0. The Bertz CT molecular complexity index is 2080. The summed E-state index contributed by atoms with van der Waals surface area (Å²) in [5, 5.41) is 6.58. The maximum absolute atomic E-state index is 6.55. The molecule has 2 nitrogen and oxygen atoms in total. The van der Waals surface area contributed by atoms with E-state index in [4.69, 9.17) is 8.83 Å². The molecule has 0 saturated heterocycles. The molecule has 0 fully saturated rings. The maximum atomic E-state index is 6.55.